The number of nitrogens with one attached hydrogen (secondary N) is 1. The molecule has 0 aromatic heterocycles. The number of aliphatic hydroxyl groups is 1. The van der Waals surface area contributed by atoms with Crippen LogP contribution in [0.5, 0.6) is 0 Å². The summed E-state index contributed by atoms with van der Waals surface area (Å²) < 4.78 is 11.6. The molecule has 0 spiro atoms. The molecule has 10 nitrogen and oxygen atoms in total. The Balaban J connectivity index is 1.49. The first-order valence-corrected chi connectivity index (χ1v) is 13.0. The Morgan fingerprint density at radius 2 is 1.62 bits per heavy atom. The zero-order valence-corrected chi connectivity index (χ0v) is 21.1. The molecule has 2 heterocycles. The van der Waals surface area contributed by atoms with Crippen LogP contribution in [-0.4, -0.2) is 66.5 Å². The van der Waals surface area contributed by atoms with E-state index in [0.29, 0.717) is 0 Å². The fraction of sp³-hybridized carbons (Fsp3) is 0.308. The molecule has 2 aliphatic heterocycles. The summed E-state index contributed by atoms with van der Waals surface area (Å²) in [5.41, 5.74) is 0.550. The summed E-state index contributed by atoms with van der Waals surface area (Å²) in [5.74, 6) is -2.74. The van der Waals surface area contributed by atoms with Crippen LogP contribution in [0.2, 0.25) is 0 Å². The van der Waals surface area contributed by atoms with E-state index in [2.05, 4.69) is 5.32 Å². The number of aliphatic hydroxyl groups excluding tert-OH is 1. The zero-order chi connectivity index (χ0) is 26.9. The maximum atomic E-state index is 13.1. The number of hydrogen-bond acceptors (Lipinski definition) is 7. The minimum Gasteiger partial charge on any atom is -0.499 e. The monoisotopic (exact) mass is 525 g/mol. The quantitative estimate of drug-likeness (QED) is 0.424. The molecule has 0 aliphatic carbocycles. The highest BCUT2D eigenvalue weighted by atomic mass is 32.2. The number of imide groups is 1. The Kier molecular flexibility index (Phi) is 7.55. The number of benzene rings is 2. The number of fused-ring (bicyclic) bond motifs is 2. The fourth-order valence-electron chi connectivity index (χ4n) is 4.39. The molecule has 3 amide bonds. The third kappa shape index (κ3) is 5.47. The Hall–Kier alpha value is -3.83. The Labute approximate surface area is 215 Å². The molecule has 0 fully saturated rings. The second-order valence-corrected chi connectivity index (χ2v) is 10.6. The van der Waals surface area contributed by atoms with Crippen LogP contribution in [0.25, 0.3) is 10.8 Å². The second-order valence-electron chi connectivity index (χ2n) is 9.33. The molecule has 0 saturated heterocycles. The number of aliphatic carboxylic acids is 1. The van der Waals surface area contributed by atoms with Crippen LogP contribution in [-0.2, 0) is 20.4 Å². The van der Waals surface area contributed by atoms with Crippen molar-refractivity contribution in [1.82, 2.24) is 15.1 Å². The molecule has 3 atom stereocenters. The summed E-state index contributed by atoms with van der Waals surface area (Å²) in [7, 11) is -1.74. The largest absolute Gasteiger partial charge is 0.499 e. The summed E-state index contributed by atoms with van der Waals surface area (Å²) in [4.78, 5) is 53.3. The molecule has 0 radical (unpaired) electrons. The van der Waals surface area contributed by atoms with Gasteiger partial charge in [0.15, 0.2) is 0 Å². The van der Waals surface area contributed by atoms with E-state index >= 15 is 0 Å². The van der Waals surface area contributed by atoms with E-state index in [4.69, 9.17) is 0 Å². The first-order valence-electron chi connectivity index (χ1n) is 11.8. The van der Waals surface area contributed by atoms with Gasteiger partial charge in [0.25, 0.3) is 11.8 Å². The molecule has 2 aromatic carbocycles. The van der Waals surface area contributed by atoms with Crippen molar-refractivity contribution in [1.29, 1.82) is 0 Å². The van der Waals surface area contributed by atoms with E-state index in [1.807, 2.05) is 38.1 Å². The molecule has 11 heteroatoms. The van der Waals surface area contributed by atoms with Gasteiger partial charge in [-0.05, 0) is 41.7 Å². The normalized spacial score (nSPS) is 18.8. The molecule has 3 N–H and O–H groups in total. The summed E-state index contributed by atoms with van der Waals surface area (Å²) >= 11 is 0. The SMILES string of the molecule is CC(C)CC(NC(CCN1C(=O)c2cc3ccccc3cc2C1=O)C(=O)O)C(=O)N1C=CS(=O)C(O)=C1. The number of nitrogens with zero attached hydrogens (tertiary/aromatic N) is 2. The van der Waals surface area contributed by atoms with Crippen molar-refractivity contribution < 1.29 is 33.6 Å². The van der Waals surface area contributed by atoms with E-state index in [9.17, 15) is 33.6 Å². The summed E-state index contributed by atoms with van der Waals surface area (Å²) in [6, 6.07) is 8.50. The Morgan fingerprint density at radius 3 is 2.14 bits per heavy atom. The van der Waals surface area contributed by atoms with Crippen LogP contribution in [0.3, 0.4) is 0 Å². The van der Waals surface area contributed by atoms with E-state index in [0.717, 1.165) is 32.2 Å². The molecule has 3 unspecified atom stereocenters. The zero-order valence-electron chi connectivity index (χ0n) is 20.3. The fourth-order valence-corrected chi connectivity index (χ4v) is 4.99. The lowest BCUT2D eigenvalue weighted by Crippen LogP contribution is -2.52. The lowest BCUT2D eigenvalue weighted by Gasteiger charge is -2.28. The summed E-state index contributed by atoms with van der Waals surface area (Å²) in [6.07, 6.45) is 2.45. The first-order chi connectivity index (χ1) is 17.6. The van der Waals surface area contributed by atoms with Gasteiger partial charge in [-0.15, -0.1) is 0 Å². The molecule has 37 heavy (non-hydrogen) atoms. The number of hydrogen-bond donors (Lipinski definition) is 3. The van der Waals surface area contributed by atoms with Crippen LogP contribution in [0.1, 0.15) is 47.4 Å². The molecule has 2 aromatic rings. The highest BCUT2D eigenvalue weighted by molar-refractivity contribution is 7.91. The minimum absolute atomic E-state index is 0.0155. The standard InChI is InChI=1S/C26H27N3O7S/c1-15(2)11-21(25(33)28-9-10-37(36)22(30)14-28)27-20(26(34)35)7-8-29-23(31)18-12-16-5-3-4-6-17(16)13-19(18)24(29)32/h3-6,9-10,12-15,20-21,27,30H,7-8,11H2,1-2H3,(H,34,35). The Morgan fingerprint density at radius 1 is 1.03 bits per heavy atom. The lowest BCUT2D eigenvalue weighted by atomic mass is 10.0. The third-order valence-electron chi connectivity index (χ3n) is 6.24. The van der Waals surface area contributed by atoms with Crippen molar-refractivity contribution >= 4 is 45.3 Å². The summed E-state index contributed by atoms with van der Waals surface area (Å²) in [6.45, 7) is 3.59. The van der Waals surface area contributed by atoms with Crippen molar-refractivity contribution in [3.63, 3.8) is 0 Å². The third-order valence-corrected chi connectivity index (χ3v) is 7.13. The van der Waals surface area contributed by atoms with Gasteiger partial charge in [0.05, 0.1) is 23.4 Å². The maximum Gasteiger partial charge on any atom is 0.320 e. The van der Waals surface area contributed by atoms with Crippen LogP contribution in [0.15, 0.2) is 59.3 Å². The average Bonchev–Trinajstić information content (AvgIpc) is 3.09. The molecule has 2 aliphatic rings. The van der Waals surface area contributed by atoms with Crippen LogP contribution in [0.4, 0.5) is 0 Å². The molecular formula is C26H27N3O7S. The van der Waals surface area contributed by atoms with Gasteiger partial charge in [-0.25, -0.2) is 4.21 Å². The van der Waals surface area contributed by atoms with Crippen molar-refractivity contribution in [2.24, 2.45) is 5.92 Å². The van der Waals surface area contributed by atoms with Crippen molar-refractivity contribution in [2.75, 3.05) is 6.54 Å². The van der Waals surface area contributed by atoms with Gasteiger partial charge in [-0.1, -0.05) is 38.1 Å². The van der Waals surface area contributed by atoms with Gasteiger partial charge in [-0.2, -0.15) is 0 Å². The van der Waals surface area contributed by atoms with Crippen molar-refractivity contribution in [3.05, 3.63) is 70.4 Å². The number of carbonyl (C=O) groups excluding carboxylic acids is 3. The number of carboxylic acid groups (broad SMARTS) is 1. The molecule has 194 valence electrons. The second kappa shape index (κ2) is 10.7. The lowest BCUT2D eigenvalue weighted by molar-refractivity contribution is -0.140. The molecule has 0 saturated carbocycles. The number of carboxylic acids is 1. The van der Waals surface area contributed by atoms with Crippen LogP contribution >= 0.6 is 0 Å². The van der Waals surface area contributed by atoms with Crippen molar-refractivity contribution in [3.8, 4) is 0 Å². The van der Waals surface area contributed by atoms with Crippen molar-refractivity contribution in [2.45, 2.75) is 38.8 Å². The summed E-state index contributed by atoms with van der Waals surface area (Å²) in [5, 5.41) is 24.8. The number of amides is 3. The van der Waals surface area contributed by atoms with Crippen LogP contribution in [0, 0.1) is 5.92 Å². The number of rotatable bonds is 9. The van der Waals surface area contributed by atoms with Gasteiger partial charge in [-0.3, -0.25) is 34.3 Å². The average molecular weight is 526 g/mol. The van der Waals surface area contributed by atoms with E-state index in [1.54, 1.807) is 12.1 Å². The maximum absolute atomic E-state index is 13.1. The van der Waals surface area contributed by atoms with Crippen LogP contribution < -0.4 is 5.32 Å². The van der Waals surface area contributed by atoms with E-state index in [1.165, 1.54) is 6.20 Å². The van der Waals surface area contributed by atoms with Gasteiger partial charge >= 0.3 is 5.97 Å². The highest BCUT2D eigenvalue weighted by Gasteiger charge is 2.37. The molecule has 4 rings (SSSR count). The van der Waals surface area contributed by atoms with Gasteiger partial charge < -0.3 is 10.2 Å². The topological polar surface area (TPSA) is 144 Å². The van der Waals surface area contributed by atoms with Gasteiger partial charge in [0.2, 0.25) is 11.0 Å². The first kappa shape index (κ1) is 26.2. The smallest absolute Gasteiger partial charge is 0.320 e. The number of carbonyl (C=O) groups is 4. The van der Waals surface area contributed by atoms with E-state index in [-0.39, 0.29) is 36.4 Å². The molecule has 0 bridgehead atoms. The van der Waals surface area contributed by atoms with Gasteiger partial charge in [0.1, 0.15) is 16.8 Å². The molecular weight excluding hydrogens is 498 g/mol. The van der Waals surface area contributed by atoms with E-state index < -0.39 is 51.7 Å². The predicted molar refractivity (Wildman–Crippen MR) is 137 cm³/mol. The van der Waals surface area contributed by atoms with Gasteiger partial charge in [0, 0.05) is 18.2 Å². The highest BCUT2D eigenvalue weighted by Crippen LogP contribution is 2.28. The predicted octanol–water partition coefficient (Wildman–Crippen LogP) is 2.70. The minimum atomic E-state index is -1.74. The Bertz CT molecular complexity index is 1310.